The Morgan fingerprint density at radius 3 is 2.39 bits per heavy atom. The van der Waals surface area contributed by atoms with Gasteiger partial charge in [-0.25, -0.2) is 0 Å². The Morgan fingerprint density at radius 2 is 1.68 bits per heavy atom. The lowest BCUT2D eigenvalue weighted by Crippen LogP contribution is -2.42. The zero-order chi connectivity index (χ0) is 26.5. The molecule has 1 N–H and O–H groups in total. The molecule has 1 unspecified atom stereocenters. The Balaban J connectivity index is 1.39. The van der Waals surface area contributed by atoms with Crippen molar-refractivity contribution in [2.45, 2.75) is 19.6 Å². The minimum absolute atomic E-state index is 0.108. The van der Waals surface area contributed by atoms with Crippen molar-refractivity contribution in [3.8, 4) is 5.75 Å². The van der Waals surface area contributed by atoms with Gasteiger partial charge < -0.3 is 19.5 Å². The Hall–Kier alpha value is -3.94. The Labute approximate surface area is 222 Å². The highest BCUT2D eigenvalue weighted by Gasteiger charge is 2.46. The number of nitrogens with zero attached hydrogens (tertiary/aromatic N) is 2. The predicted molar refractivity (Wildman–Crippen MR) is 145 cm³/mol. The number of hydrogen-bond donors (Lipinski definition) is 1. The fourth-order valence-corrected chi connectivity index (χ4v) is 5.00. The molecule has 1 amide bonds. The molecule has 196 valence electrons. The third kappa shape index (κ3) is 5.64. The number of aliphatic hydroxyl groups excluding tert-OH is 1. The summed E-state index contributed by atoms with van der Waals surface area (Å²) in [5.74, 6) is -0.796. The van der Waals surface area contributed by atoms with Crippen LogP contribution in [0.1, 0.15) is 28.3 Å². The minimum atomic E-state index is -0.668. The van der Waals surface area contributed by atoms with E-state index in [9.17, 15) is 14.7 Å². The number of ether oxygens (including phenoxy) is 2. The lowest BCUT2D eigenvalue weighted by atomic mass is 9.95. The molecule has 2 fully saturated rings. The standard InChI is InChI=1S/C31H32N2O5/c1-22-6-5-7-23(20-22)21-38-26-12-10-25(11-13-26)29(34)27-28(24-8-3-2-4-9-24)33(31(36)30(27)35)15-14-32-16-18-37-19-17-32/h2-13,20,28,34H,14-19,21H2,1H3/b29-27+. The quantitative estimate of drug-likeness (QED) is 0.275. The molecular weight excluding hydrogens is 480 g/mol. The molecule has 2 saturated heterocycles. The van der Waals surface area contributed by atoms with Crippen LogP contribution in [0.3, 0.4) is 0 Å². The summed E-state index contributed by atoms with van der Waals surface area (Å²) in [6.45, 7) is 6.37. The summed E-state index contributed by atoms with van der Waals surface area (Å²) in [5, 5.41) is 11.3. The van der Waals surface area contributed by atoms with Crippen molar-refractivity contribution < 1.29 is 24.2 Å². The second-order valence-corrected chi connectivity index (χ2v) is 9.66. The summed E-state index contributed by atoms with van der Waals surface area (Å²) < 4.78 is 11.3. The maximum atomic E-state index is 13.3. The van der Waals surface area contributed by atoms with E-state index >= 15 is 0 Å². The van der Waals surface area contributed by atoms with Crippen molar-refractivity contribution in [2.75, 3.05) is 39.4 Å². The first kappa shape index (κ1) is 25.7. The summed E-state index contributed by atoms with van der Waals surface area (Å²) in [7, 11) is 0. The molecule has 38 heavy (non-hydrogen) atoms. The number of ketones is 1. The smallest absolute Gasteiger partial charge is 0.295 e. The van der Waals surface area contributed by atoms with Gasteiger partial charge in [0.15, 0.2) is 0 Å². The highest BCUT2D eigenvalue weighted by Crippen LogP contribution is 2.39. The van der Waals surface area contributed by atoms with Crippen LogP contribution in [0.15, 0.2) is 84.4 Å². The molecule has 2 aliphatic heterocycles. The third-order valence-electron chi connectivity index (χ3n) is 7.03. The first-order chi connectivity index (χ1) is 18.5. The van der Waals surface area contributed by atoms with Gasteiger partial charge in [0.25, 0.3) is 11.7 Å². The summed E-state index contributed by atoms with van der Waals surface area (Å²) in [4.78, 5) is 30.2. The lowest BCUT2D eigenvalue weighted by molar-refractivity contribution is -0.140. The Kier molecular flexibility index (Phi) is 7.86. The van der Waals surface area contributed by atoms with Gasteiger partial charge in [0, 0.05) is 31.7 Å². The summed E-state index contributed by atoms with van der Waals surface area (Å²) in [6.07, 6.45) is 0. The minimum Gasteiger partial charge on any atom is -0.507 e. The lowest BCUT2D eigenvalue weighted by Gasteiger charge is -2.31. The van der Waals surface area contributed by atoms with Gasteiger partial charge in [-0.1, -0.05) is 60.2 Å². The van der Waals surface area contributed by atoms with Crippen molar-refractivity contribution in [1.29, 1.82) is 0 Å². The van der Waals surface area contributed by atoms with Crippen LogP contribution in [0.4, 0.5) is 0 Å². The molecular formula is C31H32N2O5. The van der Waals surface area contributed by atoms with Crippen LogP contribution in [-0.4, -0.2) is 66.0 Å². The molecule has 3 aromatic carbocycles. The van der Waals surface area contributed by atoms with Crippen LogP contribution in [0.5, 0.6) is 5.75 Å². The van der Waals surface area contributed by atoms with E-state index in [2.05, 4.69) is 11.0 Å². The number of amides is 1. The number of carbonyl (C=O) groups excluding carboxylic acids is 2. The number of likely N-dealkylation sites (tertiary alicyclic amines) is 1. The van der Waals surface area contributed by atoms with Crippen molar-refractivity contribution in [3.05, 3.63) is 107 Å². The van der Waals surface area contributed by atoms with Crippen molar-refractivity contribution in [1.82, 2.24) is 9.80 Å². The monoisotopic (exact) mass is 512 g/mol. The van der Waals surface area contributed by atoms with Crippen LogP contribution >= 0.6 is 0 Å². The Morgan fingerprint density at radius 1 is 0.947 bits per heavy atom. The molecule has 2 heterocycles. The number of hydrogen-bond acceptors (Lipinski definition) is 6. The van der Waals surface area contributed by atoms with Crippen LogP contribution in [0.2, 0.25) is 0 Å². The molecule has 0 radical (unpaired) electrons. The first-order valence-corrected chi connectivity index (χ1v) is 12.9. The highest BCUT2D eigenvalue weighted by atomic mass is 16.5. The number of aryl methyl sites for hydroxylation is 1. The number of rotatable bonds is 8. The molecule has 7 heteroatoms. The molecule has 3 aromatic rings. The zero-order valence-corrected chi connectivity index (χ0v) is 21.5. The maximum Gasteiger partial charge on any atom is 0.295 e. The van der Waals surface area contributed by atoms with E-state index < -0.39 is 17.7 Å². The summed E-state index contributed by atoms with van der Waals surface area (Å²) in [6, 6.07) is 23.8. The van der Waals surface area contributed by atoms with E-state index in [4.69, 9.17) is 9.47 Å². The molecule has 0 bridgehead atoms. The number of Topliss-reactive ketones (excluding diaryl/α,β-unsaturated/α-hetero) is 1. The SMILES string of the molecule is Cc1cccc(COc2ccc(/C(O)=C3\C(=O)C(=O)N(CCN4CCOCC4)C3c3ccccc3)cc2)c1. The van der Waals surface area contributed by atoms with E-state index in [0.717, 1.165) is 24.2 Å². The zero-order valence-electron chi connectivity index (χ0n) is 21.5. The Bertz CT molecular complexity index is 1310. The van der Waals surface area contributed by atoms with Gasteiger partial charge in [-0.05, 0) is 42.3 Å². The van der Waals surface area contributed by atoms with E-state index in [1.54, 1.807) is 29.2 Å². The van der Waals surface area contributed by atoms with Gasteiger partial charge in [-0.15, -0.1) is 0 Å². The number of benzene rings is 3. The normalized spacial score (nSPS) is 19.6. The van der Waals surface area contributed by atoms with E-state index in [1.807, 2.05) is 55.5 Å². The van der Waals surface area contributed by atoms with Gasteiger partial charge in [0.2, 0.25) is 0 Å². The first-order valence-electron chi connectivity index (χ1n) is 12.9. The number of morpholine rings is 1. The van der Waals surface area contributed by atoms with E-state index in [0.29, 0.717) is 44.2 Å². The number of aliphatic hydroxyl groups is 1. The highest BCUT2D eigenvalue weighted by molar-refractivity contribution is 6.46. The molecule has 0 aliphatic carbocycles. The van der Waals surface area contributed by atoms with E-state index in [1.165, 1.54) is 5.56 Å². The van der Waals surface area contributed by atoms with Crippen LogP contribution in [0.25, 0.3) is 5.76 Å². The molecule has 0 spiro atoms. The summed E-state index contributed by atoms with van der Waals surface area (Å²) in [5.41, 5.74) is 3.59. The van der Waals surface area contributed by atoms with E-state index in [-0.39, 0.29) is 11.3 Å². The second kappa shape index (κ2) is 11.6. The molecule has 0 saturated carbocycles. The average Bonchev–Trinajstić information content (AvgIpc) is 3.21. The van der Waals surface area contributed by atoms with Gasteiger partial charge in [-0.3, -0.25) is 14.5 Å². The molecule has 2 aliphatic rings. The van der Waals surface area contributed by atoms with Crippen LogP contribution < -0.4 is 4.74 Å². The van der Waals surface area contributed by atoms with Crippen molar-refractivity contribution in [3.63, 3.8) is 0 Å². The third-order valence-corrected chi connectivity index (χ3v) is 7.03. The topological polar surface area (TPSA) is 79.3 Å². The maximum absolute atomic E-state index is 13.3. The molecule has 1 atom stereocenters. The van der Waals surface area contributed by atoms with Crippen molar-refractivity contribution >= 4 is 17.4 Å². The molecule has 0 aromatic heterocycles. The van der Waals surface area contributed by atoms with Crippen LogP contribution in [-0.2, 0) is 20.9 Å². The molecule has 7 nitrogen and oxygen atoms in total. The average molecular weight is 513 g/mol. The second-order valence-electron chi connectivity index (χ2n) is 9.66. The van der Waals surface area contributed by atoms with Crippen LogP contribution in [0, 0.1) is 6.92 Å². The van der Waals surface area contributed by atoms with Gasteiger partial charge >= 0.3 is 0 Å². The predicted octanol–water partition coefficient (Wildman–Crippen LogP) is 4.33. The van der Waals surface area contributed by atoms with Gasteiger partial charge in [0.05, 0.1) is 24.8 Å². The number of carbonyl (C=O) groups is 2. The van der Waals surface area contributed by atoms with Gasteiger partial charge in [-0.2, -0.15) is 0 Å². The fourth-order valence-electron chi connectivity index (χ4n) is 5.00. The van der Waals surface area contributed by atoms with Gasteiger partial charge in [0.1, 0.15) is 18.1 Å². The fraction of sp³-hybridized carbons (Fsp3) is 0.290. The largest absolute Gasteiger partial charge is 0.507 e. The summed E-state index contributed by atoms with van der Waals surface area (Å²) >= 11 is 0. The van der Waals surface area contributed by atoms with Crippen molar-refractivity contribution in [2.24, 2.45) is 0 Å². The molecule has 5 rings (SSSR count).